The van der Waals surface area contributed by atoms with Crippen LogP contribution in [0.5, 0.6) is 0 Å². The molecule has 6 atom stereocenters. The van der Waals surface area contributed by atoms with Crippen LogP contribution >= 0.6 is 11.8 Å². The monoisotopic (exact) mass is 459 g/mol. The van der Waals surface area contributed by atoms with E-state index in [1.165, 1.54) is 6.92 Å². The van der Waals surface area contributed by atoms with Gasteiger partial charge < -0.3 is 9.84 Å². The van der Waals surface area contributed by atoms with E-state index in [1.807, 2.05) is 0 Å². The second kappa shape index (κ2) is 7.53. The van der Waals surface area contributed by atoms with E-state index in [2.05, 4.69) is 12.3 Å². The summed E-state index contributed by atoms with van der Waals surface area (Å²) in [6, 6.07) is 0. The van der Waals surface area contributed by atoms with Crippen LogP contribution in [0.15, 0.2) is 11.6 Å². The van der Waals surface area contributed by atoms with E-state index in [-0.39, 0.29) is 36.2 Å². The number of nitrogens with zero attached hydrogens (tertiary/aromatic N) is 1. The van der Waals surface area contributed by atoms with Crippen molar-refractivity contribution in [3.8, 4) is 5.40 Å². The summed E-state index contributed by atoms with van der Waals surface area (Å²) in [6.07, 6.45) is 4.78. The first kappa shape index (κ1) is 23.2. The number of allylic oxidation sites excluding steroid dienone is 1. The molecule has 1 N–H and O–H groups in total. The Balaban J connectivity index is 1.78. The zero-order valence-electron chi connectivity index (χ0n) is 18.7. The van der Waals surface area contributed by atoms with Crippen LogP contribution in [-0.2, 0) is 23.9 Å². The molecule has 0 aromatic rings. The number of thioether (sulfide) groups is 1. The predicted octanol–water partition coefficient (Wildman–Crippen LogP) is 2.90. The van der Waals surface area contributed by atoms with E-state index in [1.54, 1.807) is 13.0 Å². The van der Waals surface area contributed by atoms with Gasteiger partial charge in [-0.2, -0.15) is 5.26 Å². The molecule has 0 amide bonds. The molecule has 4 aliphatic carbocycles. The number of Topliss-reactive ketones (excluding diaryl/α,β-unsaturated/α-hetero) is 2. The highest BCUT2D eigenvalue weighted by atomic mass is 32.2. The summed E-state index contributed by atoms with van der Waals surface area (Å²) in [6.45, 7) is 4.39. The number of carbonyl (C=O) groups is 4. The molecule has 0 aliphatic heterocycles. The van der Waals surface area contributed by atoms with Gasteiger partial charge in [0.15, 0.2) is 12.4 Å². The first-order chi connectivity index (χ1) is 15.0. The maximum atomic E-state index is 13.8. The van der Waals surface area contributed by atoms with Crippen molar-refractivity contribution in [1.82, 2.24) is 0 Å². The van der Waals surface area contributed by atoms with Gasteiger partial charge in [0.1, 0.15) is 16.8 Å². The molecule has 0 bridgehead atoms. The van der Waals surface area contributed by atoms with Crippen molar-refractivity contribution in [3.63, 3.8) is 0 Å². The van der Waals surface area contributed by atoms with Gasteiger partial charge in [0.25, 0.3) is 0 Å². The number of rotatable bonds is 4. The molecule has 32 heavy (non-hydrogen) atoms. The number of aliphatic hydroxyl groups is 1. The summed E-state index contributed by atoms with van der Waals surface area (Å²) < 4.78 is 4.16. The van der Waals surface area contributed by atoms with Gasteiger partial charge >= 0.3 is 5.97 Å². The highest BCUT2D eigenvalue weighted by Gasteiger charge is 2.74. The smallest absolute Gasteiger partial charge is 0.303 e. The van der Waals surface area contributed by atoms with Crippen LogP contribution in [0.1, 0.15) is 65.7 Å². The lowest BCUT2D eigenvalue weighted by Gasteiger charge is -2.63. The second-order valence-electron chi connectivity index (χ2n) is 10.2. The van der Waals surface area contributed by atoms with Gasteiger partial charge in [0, 0.05) is 29.9 Å². The molecule has 0 heterocycles. The van der Waals surface area contributed by atoms with E-state index in [4.69, 9.17) is 4.74 Å². The molecule has 8 heteroatoms. The number of carbonyl (C=O) groups excluding carboxylic acids is 4. The van der Waals surface area contributed by atoms with Crippen molar-refractivity contribution >= 4 is 35.1 Å². The molecule has 0 unspecified atom stereocenters. The number of fused-ring (bicyclic) bond motifs is 5. The zero-order chi connectivity index (χ0) is 23.5. The minimum Gasteiger partial charge on any atom is -0.458 e. The Hall–Kier alpha value is -1.98. The number of ether oxygens (including phenoxy) is 1. The average molecular weight is 460 g/mol. The molecule has 0 aromatic heterocycles. The number of esters is 1. The van der Waals surface area contributed by atoms with Crippen molar-refractivity contribution in [2.75, 3.05) is 6.61 Å². The summed E-state index contributed by atoms with van der Waals surface area (Å²) in [5, 5.41) is 23.6. The summed E-state index contributed by atoms with van der Waals surface area (Å²) in [5.74, 6) is -1.72. The van der Waals surface area contributed by atoms with E-state index in [0.717, 1.165) is 17.3 Å². The highest BCUT2D eigenvalue weighted by Crippen LogP contribution is 2.71. The molecule has 0 radical (unpaired) electrons. The van der Waals surface area contributed by atoms with E-state index in [9.17, 15) is 29.5 Å². The van der Waals surface area contributed by atoms with E-state index >= 15 is 0 Å². The fraction of sp³-hybridized carbons (Fsp3) is 0.708. The Kier molecular flexibility index (Phi) is 5.45. The van der Waals surface area contributed by atoms with Gasteiger partial charge in [-0.1, -0.05) is 12.5 Å². The quantitative estimate of drug-likeness (QED) is 0.503. The third-order valence-electron chi connectivity index (χ3n) is 9.17. The van der Waals surface area contributed by atoms with Crippen molar-refractivity contribution in [2.24, 2.45) is 22.7 Å². The van der Waals surface area contributed by atoms with Crippen LogP contribution in [0, 0.1) is 33.3 Å². The SMILES string of the molecule is CC(=O)OCC(=O)[C@]1(O)CC[C@H]2[C@@H]3CCC4=CC(=O)CC[C@]4(C)[C@@]3(SC#N)CC(=O)[C@@]21C. The maximum Gasteiger partial charge on any atom is 0.303 e. The van der Waals surface area contributed by atoms with Crippen molar-refractivity contribution in [2.45, 2.75) is 76.1 Å². The third-order valence-corrected chi connectivity index (χ3v) is 10.5. The Morgan fingerprint density at radius 1 is 1.22 bits per heavy atom. The molecule has 0 aromatic carbocycles. The molecule has 7 nitrogen and oxygen atoms in total. The summed E-state index contributed by atoms with van der Waals surface area (Å²) >= 11 is 1.14. The predicted molar refractivity (Wildman–Crippen MR) is 116 cm³/mol. The van der Waals surface area contributed by atoms with Gasteiger partial charge in [0.2, 0.25) is 5.78 Å². The number of ketones is 3. The molecule has 172 valence electrons. The van der Waals surface area contributed by atoms with E-state index in [0.29, 0.717) is 32.1 Å². The van der Waals surface area contributed by atoms with Crippen LogP contribution in [-0.4, -0.2) is 45.4 Å². The minimum atomic E-state index is -1.90. The topological polar surface area (TPSA) is 122 Å². The largest absolute Gasteiger partial charge is 0.458 e. The zero-order valence-corrected chi connectivity index (χ0v) is 19.5. The molecule has 0 spiro atoms. The van der Waals surface area contributed by atoms with E-state index < -0.39 is 39.5 Å². The van der Waals surface area contributed by atoms with Crippen LogP contribution in [0.2, 0.25) is 0 Å². The molecule has 3 fully saturated rings. The molecular weight excluding hydrogens is 430 g/mol. The average Bonchev–Trinajstić information content (AvgIpc) is 3.01. The summed E-state index contributed by atoms with van der Waals surface area (Å²) in [5.41, 5.74) is -2.64. The Morgan fingerprint density at radius 2 is 1.94 bits per heavy atom. The maximum absolute atomic E-state index is 13.8. The van der Waals surface area contributed by atoms with Crippen LogP contribution in [0.4, 0.5) is 0 Å². The summed E-state index contributed by atoms with van der Waals surface area (Å²) in [4.78, 5) is 50.2. The first-order valence-corrected chi connectivity index (χ1v) is 12.0. The Labute approximate surface area is 191 Å². The first-order valence-electron chi connectivity index (χ1n) is 11.2. The lowest BCUT2D eigenvalue weighted by atomic mass is 9.45. The van der Waals surface area contributed by atoms with Gasteiger partial charge in [0.05, 0.1) is 5.41 Å². The number of nitriles is 1. The summed E-state index contributed by atoms with van der Waals surface area (Å²) in [7, 11) is 0. The second-order valence-corrected chi connectivity index (χ2v) is 11.3. The number of thiocyanates is 1. The number of hydrogen-bond donors (Lipinski definition) is 1. The number of hydrogen-bond acceptors (Lipinski definition) is 8. The van der Waals surface area contributed by atoms with Crippen molar-refractivity contribution in [3.05, 3.63) is 11.6 Å². The Morgan fingerprint density at radius 3 is 2.59 bits per heavy atom. The standard InChI is InChI=1S/C24H29NO6S/c1-14(26)31-12-20(29)23(30)9-7-17-18-5-4-15-10-16(27)6-8-21(15,2)24(18,32-13-25)11-19(28)22(17,23)3/h10,17-18,30H,4-9,11-12H2,1-3H3/t17-,18-,21-,22+,23+,24+/m0/s1. The van der Waals surface area contributed by atoms with Crippen LogP contribution < -0.4 is 0 Å². The van der Waals surface area contributed by atoms with Gasteiger partial charge in [-0.05, 0) is 68.7 Å². The third kappa shape index (κ3) is 2.83. The lowest BCUT2D eigenvalue weighted by molar-refractivity contribution is -0.174. The fourth-order valence-electron chi connectivity index (χ4n) is 7.30. The highest BCUT2D eigenvalue weighted by molar-refractivity contribution is 8.05. The fourth-order valence-corrected chi connectivity index (χ4v) is 8.56. The van der Waals surface area contributed by atoms with Gasteiger partial charge in [-0.3, -0.25) is 19.2 Å². The molecular formula is C24H29NO6S. The van der Waals surface area contributed by atoms with Crippen molar-refractivity contribution < 1.29 is 29.0 Å². The Bertz CT molecular complexity index is 983. The van der Waals surface area contributed by atoms with Gasteiger partial charge in [-0.25, -0.2) is 0 Å². The molecule has 4 aliphatic rings. The normalized spacial score (nSPS) is 42.8. The molecule has 4 rings (SSSR count). The van der Waals surface area contributed by atoms with Gasteiger partial charge in [-0.15, -0.1) is 0 Å². The molecule has 3 saturated carbocycles. The van der Waals surface area contributed by atoms with Crippen LogP contribution in [0.3, 0.4) is 0 Å². The lowest BCUT2D eigenvalue weighted by Crippen LogP contribution is -2.68. The van der Waals surface area contributed by atoms with Crippen LogP contribution in [0.25, 0.3) is 0 Å². The molecule has 0 saturated heterocycles. The minimum absolute atomic E-state index is 0.0549. The van der Waals surface area contributed by atoms with Crippen molar-refractivity contribution in [1.29, 1.82) is 5.26 Å².